The van der Waals surface area contributed by atoms with Crippen LogP contribution < -0.4 is 0 Å². The lowest BCUT2D eigenvalue weighted by atomic mass is 10.2. The summed E-state index contributed by atoms with van der Waals surface area (Å²) in [5.41, 5.74) is 5.06. The Morgan fingerprint density at radius 1 is 1.60 bits per heavy atom. The first-order valence-electron chi connectivity index (χ1n) is 4.92. The molecule has 2 heteroatoms. The van der Waals surface area contributed by atoms with E-state index < -0.39 is 0 Å². The van der Waals surface area contributed by atoms with Crippen molar-refractivity contribution >= 4 is 17.8 Å². The lowest BCUT2D eigenvalue weighted by Gasteiger charge is -1.92. The second kappa shape index (κ2) is 6.23. The summed E-state index contributed by atoms with van der Waals surface area (Å²) >= 11 is 5.88. The van der Waals surface area contributed by atoms with Crippen LogP contribution in [-0.4, -0.2) is 6.21 Å². The van der Waals surface area contributed by atoms with Crippen molar-refractivity contribution in [3.8, 4) is 0 Å². The fourth-order valence-corrected chi connectivity index (χ4v) is 1.12. The van der Waals surface area contributed by atoms with Crippen LogP contribution in [0.15, 0.2) is 57.4 Å². The van der Waals surface area contributed by atoms with Crippen molar-refractivity contribution in [2.45, 2.75) is 20.3 Å². The Kier molecular flexibility index (Phi) is 4.89. The molecule has 1 rings (SSSR count). The van der Waals surface area contributed by atoms with Gasteiger partial charge >= 0.3 is 0 Å². The van der Waals surface area contributed by atoms with E-state index in [0.717, 1.165) is 12.1 Å². The van der Waals surface area contributed by atoms with Gasteiger partial charge in [-0.15, -0.1) is 5.73 Å². The third-order valence-electron chi connectivity index (χ3n) is 2.00. The minimum Gasteiger partial charge on any atom is -0.257 e. The molecule has 0 unspecified atom stereocenters. The Labute approximate surface area is 95.9 Å². The number of halogens is 1. The van der Waals surface area contributed by atoms with Gasteiger partial charge in [0.2, 0.25) is 0 Å². The zero-order chi connectivity index (χ0) is 11.1. The first-order valence-corrected chi connectivity index (χ1v) is 5.30. The van der Waals surface area contributed by atoms with Crippen LogP contribution in [0.1, 0.15) is 20.3 Å². The van der Waals surface area contributed by atoms with Crippen LogP contribution in [0.5, 0.6) is 0 Å². The van der Waals surface area contributed by atoms with Crippen molar-refractivity contribution in [1.29, 1.82) is 0 Å². The first-order chi connectivity index (χ1) is 7.22. The highest BCUT2D eigenvalue weighted by Crippen LogP contribution is 2.11. The van der Waals surface area contributed by atoms with Crippen molar-refractivity contribution in [3.05, 3.63) is 52.4 Å². The van der Waals surface area contributed by atoms with Gasteiger partial charge in [-0.05, 0) is 43.7 Å². The maximum absolute atomic E-state index is 5.88. The molecule has 0 amide bonds. The molecule has 0 aliphatic heterocycles. The predicted octanol–water partition coefficient (Wildman–Crippen LogP) is 4.15. The molecule has 0 saturated heterocycles. The Hall–Kier alpha value is -1.30. The lowest BCUT2D eigenvalue weighted by Crippen LogP contribution is -1.76. The van der Waals surface area contributed by atoms with Gasteiger partial charge in [0.05, 0.1) is 10.7 Å². The van der Waals surface area contributed by atoms with Gasteiger partial charge < -0.3 is 0 Å². The van der Waals surface area contributed by atoms with E-state index in [0.29, 0.717) is 5.03 Å². The Bertz CT molecular complexity index is 402. The van der Waals surface area contributed by atoms with E-state index in [1.54, 1.807) is 18.4 Å². The third-order valence-corrected chi connectivity index (χ3v) is 2.22. The molecule has 1 aliphatic carbocycles. The highest BCUT2D eigenvalue weighted by molar-refractivity contribution is 6.31. The topological polar surface area (TPSA) is 12.4 Å². The molecule has 0 aromatic rings. The SMILES string of the molecule is CC/C(C)=C\C=NC1=CC=C=CC(Cl)=C1. The van der Waals surface area contributed by atoms with Crippen LogP contribution in [0.4, 0.5) is 0 Å². The quantitative estimate of drug-likeness (QED) is 0.500. The summed E-state index contributed by atoms with van der Waals surface area (Å²) in [5.74, 6) is 0. The lowest BCUT2D eigenvalue weighted by molar-refractivity contribution is 1.10. The summed E-state index contributed by atoms with van der Waals surface area (Å²) in [6, 6.07) is 0. The van der Waals surface area contributed by atoms with E-state index in [-0.39, 0.29) is 0 Å². The molecule has 0 saturated carbocycles. The molecule has 0 N–H and O–H groups in total. The second-order valence-electron chi connectivity index (χ2n) is 3.24. The zero-order valence-electron chi connectivity index (χ0n) is 9.00. The van der Waals surface area contributed by atoms with Crippen molar-refractivity contribution < 1.29 is 0 Å². The van der Waals surface area contributed by atoms with E-state index in [1.165, 1.54) is 5.57 Å². The molecule has 0 fully saturated rings. The molecule has 0 spiro atoms. The molecule has 78 valence electrons. The molecule has 0 radical (unpaired) electrons. The van der Waals surface area contributed by atoms with Crippen LogP contribution in [0.25, 0.3) is 0 Å². The first kappa shape index (κ1) is 11.8. The molecule has 0 heterocycles. The maximum atomic E-state index is 5.88. The molecule has 1 aliphatic rings. The largest absolute Gasteiger partial charge is 0.257 e. The number of aliphatic imine (C=N–C) groups is 1. The summed E-state index contributed by atoms with van der Waals surface area (Å²) < 4.78 is 0. The van der Waals surface area contributed by atoms with Gasteiger partial charge in [0, 0.05) is 6.21 Å². The normalized spacial score (nSPS) is 16.6. The van der Waals surface area contributed by atoms with Crippen LogP contribution in [0.2, 0.25) is 0 Å². The van der Waals surface area contributed by atoms with Gasteiger partial charge in [-0.25, -0.2) is 0 Å². The molecule has 1 nitrogen and oxygen atoms in total. The standard InChI is InChI=1S/C13H14ClN/c1-3-11(2)8-9-15-13-7-5-4-6-12(14)10-13/h5-10H,3H2,1-2H3/b11-8-,15-9?. The molecular formula is C13H14ClN. The van der Waals surface area contributed by atoms with E-state index in [2.05, 4.69) is 24.6 Å². The van der Waals surface area contributed by atoms with Crippen LogP contribution >= 0.6 is 11.6 Å². The maximum Gasteiger partial charge on any atom is 0.0650 e. The molecular weight excluding hydrogens is 206 g/mol. The third kappa shape index (κ3) is 4.64. The Balaban J connectivity index is 2.72. The molecule has 0 aromatic carbocycles. The predicted molar refractivity (Wildman–Crippen MR) is 67.2 cm³/mol. The molecule has 15 heavy (non-hydrogen) atoms. The molecule has 0 bridgehead atoms. The minimum atomic E-state index is 0.642. The van der Waals surface area contributed by atoms with Crippen LogP contribution in [0, 0.1) is 0 Å². The van der Waals surface area contributed by atoms with Gasteiger partial charge in [-0.3, -0.25) is 4.99 Å². The molecule has 0 atom stereocenters. The van der Waals surface area contributed by atoms with Crippen LogP contribution in [-0.2, 0) is 0 Å². The van der Waals surface area contributed by atoms with Gasteiger partial charge in [0.25, 0.3) is 0 Å². The fourth-order valence-electron chi connectivity index (χ4n) is 0.941. The monoisotopic (exact) mass is 219 g/mol. The van der Waals surface area contributed by atoms with E-state index in [1.807, 2.05) is 18.2 Å². The second-order valence-corrected chi connectivity index (χ2v) is 3.68. The average Bonchev–Trinajstić information content (AvgIpc) is 2.42. The summed E-state index contributed by atoms with van der Waals surface area (Å²) in [5, 5.41) is 0.642. The van der Waals surface area contributed by atoms with Crippen LogP contribution in [0.3, 0.4) is 0 Å². The number of hydrogen-bond donors (Lipinski definition) is 0. The van der Waals surface area contributed by atoms with Crippen molar-refractivity contribution in [2.75, 3.05) is 0 Å². The average molecular weight is 220 g/mol. The summed E-state index contributed by atoms with van der Waals surface area (Å²) in [6.45, 7) is 4.20. The van der Waals surface area contributed by atoms with E-state index in [4.69, 9.17) is 11.6 Å². The highest BCUT2D eigenvalue weighted by Gasteiger charge is 1.92. The number of allylic oxidation sites excluding steroid dienone is 6. The number of hydrogen-bond acceptors (Lipinski definition) is 1. The van der Waals surface area contributed by atoms with E-state index >= 15 is 0 Å². The number of rotatable bonds is 3. The summed E-state index contributed by atoms with van der Waals surface area (Å²) in [7, 11) is 0. The minimum absolute atomic E-state index is 0.642. The van der Waals surface area contributed by atoms with Gasteiger partial charge in [0.1, 0.15) is 0 Å². The highest BCUT2D eigenvalue weighted by atomic mass is 35.5. The smallest absolute Gasteiger partial charge is 0.0650 e. The Morgan fingerprint density at radius 3 is 3.13 bits per heavy atom. The molecule has 0 aromatic heterocycles. The van der Waals surface area contributed by atoms with Gasteiger partial charge in [-0.2, -0.15) is 0 Å². The van der Waals surface area contributed by atoms with E-state index in [9.17, 15) is 0 Å². The summed E-state index contributed by atoms with van der Waals surface area (Å²) in [4.78, 5) is 4.29. The number of nitrogens with zero attached hydrogens (tertiary/aromatic N) is 1. The van der Waals surface area contributed by atoms with Gasteiger partial charge in [0.15, 0.2) is 0 Å². The summed E-state index contributed by atoms with van der Waals surface area (Å²) in [6.07, 6.45) is 12.0. The van der Waals surface area contributed by atoms with Crippen molar-refractivity contribution in [1.82, 2.24) is 0 Å². The fraction of sp³-hybridized carbons (Fsp3) is 0.231. The van der Waals surface area contributed by atoms with Crippen molar-refractivity contribution in [2.24, 2.45) is 4.99 Å². The zero-order valence-corrected chi connectivity index (χ0v) is 9.75. The van der Waals surface area contributed by atoms with Gasteiger partial charge in [-0.1, -0.05) is 24.1 Å². The Morgan fingerprint density at radius 2 is 2.40 bits per heavy atom. The van der Waals surface area contributed by atoms with Crippen molar-refractivity contribution in [3.63, 3.8) is 0 Å².